The predicted molar refractivity (Wildman–Crippen MR) is 99.7 cm³/mol. The molecular weight excluding hydrogens is 328 g/mol. The summed E-state index contributed by atoms with van der Waals surface area (Å²) in [7, 11) is 0. The van der Waals surface area contributed by atoms with Crippen LogP contribution in [0.15, 0.2) is 36.7 Å². The van der Waals surface area contributed by atoms with Gasteiger partial charge in [0.15, 0.2) is 11.5 Å². The van der Waals surface area contributed by atoms with Crippen LogP contribution in [0, 0.1) is 5.41 Å². The van der Waals surface area contributed by atoms with E-state index in [2.05, 4.69) is 38.3 Å². The minimum absolute atomic E-state index is 0.338. The van der Waals surface area contributed by atoms with Crippen LogP contribution >= 0.6 is 0 Å². The van der Waals surface area contributed by atoms with Crippen molar-refractivity contribution in [2.24, 2.45) is 5.41 Å². The van der Waals surface area contributed by atoms with E-state index in [1.807, 2.05) is 18.3 Å². The molecule has 2 aliphatic heterocycles. The average Bonchev–Trinajstić information content (AvgIpc) is 3.06. The Labute approximate surface area is 154 Å². The molecule has 1 saturated heterocycles. The Morgan fingerprint density at radius 3 is 2.77 bits per heavy atom. The van der Waals surface area contributed by atoms with E-state index in [-0.39, 0.29) is 0 Å². The highest BCUT2D eigenvalue weighted by Crippen LogP contribution is 2.46. The van der Waals surface area contributed by atoms with Crippen LogP contribution in [0.3, 0.4) is 0 Å². The van der Waals surface area contributed by atoms with E-state index in [4.69, 9.17) is 9.47 Å². The molecule has 0 amide bonds. The summed E-state index contributed by atoms with van der Waals surface area (Å²) >= 11 is 0. The summed E-state index contributed by atoms with van der Waals surface area (Å²) < 4.78 is 13.0. The first-order valence-corrected chi connectivity index (χ1v) is 9.65. The second-order valence-corrected chi connectivity index (χ2v) is 7.88. The Morgan fingerprint density at radius 2 is 2.00 bits per heavy atom. The van der Waals surface area contributed by atoms with Crippen LogP contribution in [-0.2, 0) is 6.54 Å². The normalized spacial score (nSPS) is 21.2. The highest BCUT2D eigenvalue weighted by molar-refractivity contribution is 5.57. The summed E-state index contributed by atoms with van der Waals surface area (Å²) in [6.45, 7) is 4.67. The highest BCUT2D eigenvalue weighted by Gasteiger charge is 2.43. The van der Waals surface area contributed by atoms with Gasteiger partial charge in [-0.2, -0.15) is 5.10 Å². The van der Waals surface area contributed by atoms with Crippen LogP contribution < -0.4 is 19.7 Å². The Bertz CT molecular complexity index is 749. The Morgan fingerprint density at radius 1 is 1.15 bits per heavy atom. The second kappa shape index (κ2) is 6.50. The second-order valence-electron chi connectivity index (χ2n) is 7.88. The predicted octanol–water partition coefficient (Wildman–Crippen LogP) is 2.65. The Balaban J connectivity index is 1.12. The number of anilines is 1. The summed E-state index contributed by atoms with van der Waals surface area (Å²) in [6.07, 6.45) is 8.95. The molecule has 138 valence electrons. The van der Waals surface area contributed by atoms with E-state index in [1.54, 1.807) is 0 Å². The van der Waals surface area contributed by atoms with E-state index in [0.29, 0.717) is 18.2 Å². The topological polar surface area (TPSA) is 51.6 Å². The van der Waals surface area contributed by atoms with Gasteiger partial charge in [0, 0.05) is 61.8 Å². The maximum absolute atomic E-state index is 5.51. The van der Waals surface area contributed by atoms with E-state index in [1.165, 1.54) is 31.4 Å². The first kappa shape index (κ1) is 16.0. The molecule has 26 heavy (non-hydrogen) atoms. The molecule has 3 heterocycles. The van der Waals surface area contributed by atoms with Crippen molar-refractivity contribution in [3.63, 3.8) is 0 Å². The average molecular weight is 354 g/mol. The van der Waals surface area contributed by atoms with Crippen molar-refractivity contribution in [1.82, 2.24) is 15.1 Å². The number of ether oxygens (including phenoxy) is 2. The van der Waals surface area contributed by atoms with Crippen molar-refractivity contribution in [2.75, 3.05) is 31.3 Å². The fraction of sp³-hybridized carbons (Fsp3) is 0.550. The van der Waals surface area contributed by atoms with Crippen molar-refractivity contribution in [3.8, 4) is 11.5 Å². The largest absolute Gasteiger partial charge is 0.454 e. The van der Waals surface area contributed by atoms with E-state index < -0.39 is 0 Å². The number of hydrogen-bond acceptors (Lipinski definition) is 5. The number of fused-ring (bicyclic) bond motifs is 1. The van der Waals surface area contributed by atoms with Gasteiger partial charge in [-0.3, -0.25) is 4.68 Å². The summed E-state index contributed by atoms with van der Waals surface area (Å²) in [5, 5.41) is 8.21. The molecule has 0 bridgehead atoms. The lowest BCUT2D eigenvalue weighted by Gasteiger charge is -2.35. The Kier molecular flexibility index (Phi) is 4.00. The number of hydrogen-bond donors (Lipinski definition) is 1. The van der Waals surface area contributed by atoms with Gasteiger partial charge in [0.1, 0.15) is 0 Å². The fourth-order valence-corrected chi connectivity index (χ4v) is 4.09. The van der Waals surface area contributed by atoms with Crippen molar-refractivity contribution >= 4 is 5.69 Å². The summed E-state index contributed by atoms with van der Waals surface area (Å²) in [4.78, 5) is 2.46. The van der Waals surface area contributed by atoms with Gasteiger partial charge in [0.25, 0.3) is 0 Å². The maximum atomic E-state index is 5.51. The maximum Gasteiger partial charge on any atom is 0.231 e. The third kappa shape index (κ3) is 3.26. The lowest BCUT2D eigenvalue weighted by atomic mass is 10.0. The molecule has 6 nitrogen and oxygen atoms in total. The molecule has 1 N–H and O–H groups in total. The van der Waals surface area contributed by atoms with Crippen LogP contribution in [-0.4, -0.2) is 42.2 Å². The van der Waals surface area contributed by atoms with E-state index in [0.717, 1.165) is 37.7 Å². The van der Waals surface area contributed by atoms with Crippen molar-refractivity contribution in [1.29, 1.82) is 0 Å². The number of benzene rings is 1. The lowest BCUT2D eigenvalue weighted by Crippen LogP contribution is -2.44. The third-order valence-corrected chi connectivity index (χ3v) is 6.00. The highest BCUT2D eigenvalue weighted by atomic mass is 16.7. The van der Waals surface area contributed by atoms with Gasteiger partial charge in [-0.1, -0.05) is 0 Å². The zero-order valence-electron chi connectivity index (χ0n) is 15.1. The van der Waals surface area contributed by atoms with Crippen LogP contribution in [0.5, 0.6) is 11.5 Å². The van der Waals surface area contributed by atoms with Crippen molar-refractivity contribution in [3.05, 3.63) is 36.7 Å². The van der Waals surface area contributed by atoms with E-state index >= 15 is 0 Å². The van der Waals surface area contributed by atoms with E-state index in [9.17, 15) is 0 Å². The molecule has 2 fully saturated rings. The smallest absolute Gasteiger partial charge is 0.231 e. The van der Waals surface area contributed by atoms with Crippen LogP contribution in [0.25, 0.3) is 0 Å². The molecule has 5 rings (SSSR count). The van der Waals surface area contributed by atoms with Gasteiger partial charge in [-0.15, -0.1) is 0 Å². The van der Waals surface area contributed by atoms with Crippen molar-refractivity contribution < 1.29 is 9.47 Å². The molecule has 0 radical (unpaired) electrons. The zero-order valence-corrected chi connectivity index (χ0v) is 15.1. The SMILES string of the molecule is c1cnn(CC2(CNC3CCN(c4ccc5c(c4)OCO5)CC3)CC2)c1. The number of nitrogens with one attached hydrogen (secondary N) is 1. The standard InChI is InChI=1S/C20H26N4O2/c1-8-22-24(9-1)14-20(6-7-20)13-21-16-4-10-23(11-5-16)17-2-3-18-19(12-17)26-15-25-18/h1-3,8-9,12,16,21H,4-7,10-11,13-15H2. The molecule has 0 atom stereocenters. The first-order valence-electron chi connectivity index (χ1n) is 9.65. The van der Waals surface area contributed by atoms with Gasteiger partial charge < -0.3 is 19.7 Å². The molecule has 1 saturated carbocycles. The number of piperidine rings is 1. The molecule has 0 spiro atoms. The minimum Gasteiger partial charge on any atom is -0.454 e. The molecule has 3 aliphatic rings. The lowest BCUT2D eigenvalue weighted by molar-refractivity contribution is 0.174. The van der Waals surface area contributed by atoms with Gasteiger partial charge in [-0.25, -0.2) is 0 Å². The number of aromatic nitrogens is 2. The van der Waals surface area contributed by atoms with Crippen LogP contribution in [0.2, 0.25) is 0 Å². The number of nitrogens with zero attached hydrogens (tertiary/aromatic N) is 3. The third-order valence-electron chi connectivity index (χ3n) is 6.00. The van der Waals surface area contributed by atoms with Gasteiger partial charge >= 0.3 is 0 Å². The van der Waals surface area contributed by atoms with Gasteiger partial charge in [0.05, 0.1) is 0 Å². The fourth-order valence-electron chi connectivity index (χ4n) is 4.09. The molecule has 1 aromatic heterocycles. The monoisotopic (exact) mass is 354 g/mol. The van der Waals surface area contributed by atoms with Crippen LogP contribution in [0.4, 0.5) is 5.69 Å². The molecule has 1 aliphatic carbocycles. The molecule has 0 unspecified atom stereocenters. The zero-order chi connectivity index (χ0) is 17.4. The summed E-state index contributed by atoms with van der Waals surface area (Å²) in [5.74, 6) is 1.73. The summed E-state index contributed by atoms with van der Waals surface area (Å²) in [6, 6.07) is 8.91. The molecule has 6 heteroatoms. The summed E-state index contributed by atoms with van der Waals surface area (Å²) in [5.41, 5.74) is 1.67. The van der Waals surface area contributed by atoms with Crippen molar-refractivity contribution in [2.45, 2.75) is 38.3 Å². The van der Waals surface area contributed by atoms with Gasteiger partial charge in [0.2, 0.25) is 6.79 Å². The Hall–Kier alpha value is -2.21. The molecule has 1 aromatic carbocycles. The number of rotatable bonds is 6. The minimum atomic E-state index is 0.338. The first-order chi connectivity index (χ1) is 12.8. The molecule has 2 aromatic rings. The van der Waals surface area contributed by atoms with Gasteiger partial charge in [-0.05, 0) is 43.9 Å². The quantitative estimate of drug-likeness (QED) is 0.864. The molecular formula is C20H26N4O2. The van der Waals surface area contributed by atoms with Crippen LogP contribution in [0.1, 0.15) is 25.7 Å².